The van der Waals surface area contributed by atoms with Gasteiger partial charge in [0.15, 0.2) is 0 Å². The second-order valence-corrected chi connectivity index (χ2v) is 3.48. The number of benzene rings is 1. The summed E-state index contributed by atoms with van der Waals surface area (Å²) in [5.41, 5.74) is 1.21. The van der Waals surface area contributed by atoms with E-state index in [1.807, 2.05) is 43.3 Å². The van der Waals surface area contributed by atoms with Crippen LogP contribution in [0.3, 0.4) is 0 Å². The highest BCUT2D eigenvalue weighted by Gasteiger charge is 1.93. The van der Waals surface area contributed by atoms with Crippen LogP contribution in [0, 0.1) is 5.92 Å². The Labute approximate surface area is 90.6 Å². The number of carbonyl (C=O) groups excluding carboxylic acids is 1. The van der Waals surface area contributed by atoms with Crippen molar-refractivity contribution in [3.8, 4) is 5.75 Å². The zero-order valence-corrected chi connectivity index (χ0v) is 9.14. The van der Waals surface area contributed by atoms with Gasteiger partial charge in [-0.1, -0.05) is 31.2 Å². The summed E-state index contributed by atoms with van der Waals surface area (Å²) < 4.78 is 5.06. The van der Waals surface area contributed by atoms with Gasteiger partial charge in [0.25, 0.3) is 0 Å². The van der Waals surface area contributed by atoms with Crippen molar-refractivity contribution < 1.29 is 9.53 Å². The van der Waals surface area contributed by atoms with Crippen molar-refractivity contribution in [2.45, 2.75) is 13.3 Å². The van der Waals surface area contributed by atoms with Gasteiger partial charge in [-0.15, -0.1) is 0 Å². The van der Waals surface area contributed by atoms with Gasteiger partial charge in [0.2, 0.25) is 0 Å². The standard InChI is InChI=1S/C13H16O2/c1-11(10-14)4-3-5-12-6-8-13(15-2)9-7-12/h3-4,6-11H,5H2,1-2H3/t11-/m0/s1. The smallest absolute Gasteiger partial charge is 0.126 e. The monoisotopic (exact) mass is 204 g/mol. The summed E-state index contributed by atoms with van der Waals surface area (Å²) in [6, 6.07) is 7.92. The SMILES string of the molecule is COc1ccc(CC=C[C@H](C)C=O)cc1. The van der Waals surface area contributed by atoms with Crippen LogP contribution >= 0.6 is 0 Å². The van der Waals surface area contributed by atoms with Gasteiger partial charge >= 0.3 is 0 Å². The number of rotatable bonds is 5. The Kier molecular flexibility index (Phi) is 4.61. The van der Waals surface area contributed by atoms with Crippen LogP contribution in [0.1, 0.15) is 12.5 Å². The van der Waals surface area contributed by atoms with Gasteiger partial charge in [0, 0.05) is 5.92 Å². The molecule has 1 atom stereocenters. The number of hydrogen-bond donors (Lipinski definition) is 0. The van der Waals surface area contributed by atoms with Crippen molar-refractivity contribution in [2.75, 3.05) is 7.11 Å². The molecule has 0 aromatic heterocycles. The predicted molar refractivity (Wildman–Crippen MR) is 61.1 cm³/mol. The summed E-state index contributed by atoms with van der Waals surface area (Å²) in [7, 11) is 1.65. The number of aldehydes is 1. The van der Waals surface area contributed by atoms with Crippen LogP contribution in [-0.4, -0.2) is 13.4 Å². The minimum Gasteiger partial charge on any atom is -0.497 e. The molecule has 15 heavy (non-hydrogen) atoms. The highest BCUT2D eigenvalue weighted by Crippen LogP contribution is 2.12. The summed E-state index contributed by atoms with van der Waals surface area (Å²) in [4.78, 5) is 10.4. The Hall–Kier alpha value is -1.57. The van der Waals surface area contributed by atoms with Gasteiger partial charge < -0.3 is 9.53 Å². The molecule has 80 valence electrons. The maximum Gasteiger partial charge on any atom is 0.126 e. The molecule has 0 bridgehead atoms. The molecule has 0 amide bonds. The molecule has 0 N–H and O–H groups in total. The van der Waals surface area contributed by atoms with Crippen LogP contribution < -0.4 is 4.74 Å². The summed E-state index contributed by atoms with van der Waals surface area (Å²) in [6.07, 6.45) is 5.71. The molecule has 2 nitrogen and oxygen atoms in total. The third-order valence-corrected chi connectivity index (χ3v) is 2.17. The molecule has 0 aliphatic heterocycles. The molecule has 0 saturated carbocycles. The lowest BCUT2D eigenvalue weighted by Gasteiger charge is -2.00. The molecular formula is C13H16O2. The molecule has 0 spiro atoms. The van der Waals surface area contributed by atoms with Crippen molar-refractivity contribution in [3.63, 3.8) is 0 Å². The van der Waals surface area contributed by atoms with E-state index in [0.29, 0.717) is 0 Å². The fourth-order valence-electron chi connectivity index (χ4n) is 1.23. The summed E-state index contributed by atoms with van der Waals surface area (Å²) >= 11 is 0. The normalized spacial score (nSPS) is 12.7. The largest absolute Gasteiger partial charge is 0.497 e. The van der Waals surface area contributed by atoms with Crippen molar-refractivity contribution in [2.24, 2.45) is 5.92 Å². The first-order chi connectivity index (χ1) is 7.26. The Morgan fingerprint density at radius 3 is 2.53 bits per heavy atom. The van der Waals surface area contributed by atoms with E-state index < -0.39 is 0 Å². The Morgan fingerprint density at radius 2 is 2.00 bits per heavy atom. The van der Waals surface area contributed by atoms with Crippen LogP contribution in [0.15, 0.2) is 36.4 Å². The van der Waals surface area contributed by atoms with E-state index in [-0.39, 0.29) is 5.92 Å². The second kappa shape index (κ2) is 6.02. The number of allylic oxidation sites excluding steroid dienone is 2. The van der Waals surface area contributed by atoms with E-state index >= 15 is 0 Å². The lowest BCUT2D eigenvalue weighted by Crippen LogP contribution is -1.89. The molecule has 1 rings (SSSR count). The van der Waals surface area contributed by atoms with E-state index in [0.717, 1.165) is 18.5 Å². The maximum absolute atomic E-state index is 10.4. The lowest BCUT2D eigenvalue weighted by atomic mass is 10.1. The van der Waals surface area contributed by atoms with Gasteiger partial charge in [-0.05, 0) is 24.1 Å². The molecular weight excluding hydrogens is 188 g/mol. The highest BCUT2D eigenvalue weighted by atomic mass is 16.5. The van der Waals surface area contributed by atoms with E-state index in [2.05, 4.69) is 0 Å². The van der Waals surface area contributed by atoms with Crippen LogP contribution in [0.5, 0.6) is 5.75 Å². The summed E-state index contributed by atoms with van der Waals surface area (Å²) in [5.74, 6) is 0.868. The highest BCUT2D eigenvalue weighted by molar-refractivity contribution is 5.55. The average Bonchev–Trinajstić information content (AvgIpc) is 2.29. The number of methoxy groups -OCH3 is 1. The van der Waals surface area contributed by atoms with Crippen LogP contribution in [-0.2, 0) is 11.2 Å². The zero-order valence-electron chi connectivity index (χ0n) is 9.14. The third kappa shape index (κ3) is 3.98. The van der Waals surface area contributed by atoms with Crippen molar-refractivity contribution in [1.29, 1.82) is 0 Å². The Bertz CT molecular complexity index is 325. The first kappa shape index (κ1) is 11.5. The average molecular weight is 204 g/mol. The Balaban J connectivity index is 2.50. The van der Waals surface area contributed by atoms with Crippen molar-refractivity contribution in [1.82, 2.24) is 0 Å². The maximum atomic E-state index is 10.4. The van der Waals surface area contributed by atoms with E-state index in [4.69, 9.17) is 4.74 Å². The zero-order chi connectivity index (χ0) is 11.1. The van der Waals surface area contributed by atoms with Gasteiger partial charge in [0.1, 0.15) is 12.0 Å². The second-order valence-electron chi connectivity index (χ2n) is 3.48. The van der Waals surface area contributed by atoms with E-state index in [1.54, 1.807) is 7.11 Å². The molecule has 0 heterocycles. The van der Waals surface area contributed by atoms with Gasteiger partial charge in [0.05, 0.1) is 7.11 Å². The minimum atomic E-state index is 0.00301. The van der Waals surface area contributed by atoms with Gasteiger partial charge in [-0.2, -0.15) is 0 Å². The van der Waals surface area contributed by atoms with Gasteiger partial charge in [-0.25, -0.2) is 0 Å². The molecule has 1 aromatic rings. The number of carbonyl (C=O) groups is 1. The number of ether oxygens (including phenoxy) is 1. The van der Waals surface area contributed by atoms with Crippen LogP contribution in [0.2, 0.25) is 0 Å². The summed E-state index contributed by atoms with van der Waals surface area (Å²) in [6.45, 7) is 1.87. The molecule has 0 aliphatic rings. The molecule has 0 saturated heterocycles. The number of hydrogen-bond acceptors (Lipinski definition) is 2. The first-order valence-electron chi connectivity index (χ1n) is 5.01. The van der Waals surface area contributed by atoms with Crippen molar-refractivity contribution in [3.05, 3.63) is 42.0 Å². The van der Waals surface area contributed by atoms with Crippen molar-refractivity contribution >= 4 is 6.29 Å². The summed E-state index contributed by atoms with van der Waals surface area (Å²) in [5, 5.41) is 0. The quantitative estimate of drug-likeness (QED) is 0.544. The first-order valence-corrected chi connectivity index (χ1v) is 5.01. The molecule has 2 heteroatoms. The van der Waals surface area contributed by atoms with E-state index in [1.165, 1.54) is 5.56 Å². The van der Waals surface area contributed by atoms with Gasteiger partial charge in [-0.3, -0.25) is 0 Å². The van der Waals surface area contributed by atoms with Crippen LogP contribution in [0.25, 0.3) is 0 Å². The molecule has 0 fully saturated rings. The van der Waals surface area contributed by atoms with Crippen LogP contribution in [0.4, 0.5) is 0 Å². The fourth-order valence-corrected chi connectivity index (χ4v) is 1.23. The Morgan fingerprint density at radius 1 is 1.33 bits per heavy atom. The fraction of sp³-hybridized carbons (Fsp3) is 0.308. The lowest BCUT2D eigenvalue weighted by molar-refractivity contribution is -0.109. The minimum absolute atomic E-state index is 0.00301. The predicted octanol–water partition coefficient (Wildman–Crippen LogP) is 2.63. The molecule has 1 aromatic carbocycles. The third-order valence-electron chi connectivity index (χ3n) is 2.17. The molecule has 0 radical (unpaired) electrons. The molecule has 0 aliphatic carbocycles. The molecule has 0 unspecified atom stereocenters. The topological polar surface area (TPSA) is 26.3 Å². The van der Waals surface area contributed by atoms with E-state index in [9.17, 15) is 4.79 Å².